The van der Waals surface area contributed by atoms with Crippen LogP contribution in [0.4, 0.5) is 4.39 Å². The molecule has 22 heteroatoms. The van der Waals surface area contributed by atoms with Crippen molar-refractivity contribution in [3.63, 3.8) is 0 Å². The number of ether oxygens (including phenoxy) is 8. The van der Waals surface area contributed by atoms with Gasteiger partial charge in [-0.25, -0.2) is 29.1 Å². The van der Waals surface area contributed by atoms with E-state index in [9.17, 15) is 17.6 Å². The van der Waals surface area contributed by atoms with E-state index in [1.54, 1.807) is 70.8 Å². The minimum Gasteiger partial charge on any atom is -0.543 e. The van der Waals surface area contributed by atoms with E-state index in [1.165, 1.54) is 41.9 Å². The fourth-order valence-corrected chi connectivity index (χ4v) is 14.3. The van der Waals surface area contributed by atoms with Gasteiger partial charge in [0.05, 0.1) is 67.7 Å². The fraction of sp³-hybridized carbons (Fsp3) is 0.253. The molecule has 0 aliphatic rings. The lowest BCUT2D eigenvalue weighted by Crippen LogP contribution is -2.43. The maximum Gasteiger partial charge on any atom is 0.347 e. The van der Waals surface area contributed by atoms with Gasteiger partial charge in [-0.3, -0.25) is 4.18 Å². The van der Waals surface area contributed by atoms with Crippen molar-refractivity contribution in [2.24, 2.45) is 0 Å². The summed E-state index contributed by atoms with van der Waals surface area (Å²) >= 11 is 8.82. The molecule has 1 unspecified atom stereocenters. The van der Waals surface area contributed by atoms with Gasteiger partial charge in [0.2, 0.25) is 20.3 Å². The van der Waals surface area contributed by atoms with Crippen LogP contribution in [-0.2, 0) is 48.2 Å². The molecule has 0 N–H and O–H groups in total. The second kappa shape index (κ2) is 31.8. The predicted octanol–water partition coefficient (Wildman–Crippen LogP) is 18.1. The smallest absolute Gasteiger partial charge is 0.347 e. The van der Waals surface area contributed by atoms with Crippen molar-refractivity contribution in [2.75, 3.05) is 41.2 Å². The molecule has 0 spiro atoms. The summed E-state index contributed by atoms with van der Waals surface area (Å²) in [6.07, 6.45) is 0.556. The van der Waals surface area contributed by atoms with Gasteiger partial charge < -0.3 is 42.3 Å². The first-order valence-corrected chi connectivity index (χ1v) is 38.2. The van der Waals surface area contributed by atoms with Gasteiger partial charge in [0.25, 0.3) is 10.1 Å². The Balaban J connectivity index is 0.942. The van der Waals surface area contributed by atoms with E-state index >= 15 is 0 Å². The summed E-state index contributed by atoms with van der Waals surface area (Å²) in [5, 5.41) is 0.444. The summed E-state index contributed by atoms with van der Waals surface area (Å²) in [4.78, 5) is 34.5. The number of methoxy groups -OCH3 is 3. The molecule has 101 heavy (non-hydrogen) atoms. The molecule has 0 bridgehead atoms. The van der Waals surface area contributed by atoms with E-state index < -0.39 is 49.0 Å². The molecule has 3 heterocycles. The van der Waals surface area contributed by atoms with Crippen LogP contribution in [0.5, 0.6) is 40.4 Å². The normalized spacial score (nSPS) is 12.4. The Bertz CT molecular complexity index is 4850. The van der Waals surface area contributed by atoms with Gasteiger partial charge in [0, 0.05) is 28.6 Å². The van der Waals surface area contributed by atoms with Crippen LogP contribution in [0.1, 0.15) is 55.6 Å². The zero-order valence-corrected chi connectivity index (χ0v) is 61.4. The molecular weight excluding hydrogens is 1360 g/mol. The first kappa shape index (κ1) is 72.5. The molecule has 2 atom stereocenters. The maximum atomic E-state index is 14.8. The van der Waals surface area contributed by atoms with Gasteiger partial charge in [-0.15, -0.1) is 11.3 Å². The van der Waals surface area contributed by atoms with Crippen molar-refractivity contribution in [1.82, 2.24) is 19.9 Å². The molecule has 3 aromatic heterocycles. The average molecular weight is 1440 g/mol. The highest BCUT2D eigenvalue weighted by Gasteiger charge is 2.39. The maximum absolute atomic E-state index is 14.8. The standard InChI is InChI=1S/C79H78ClFN4O13S2Si/c1-12-93-78(86)70(43-56-41-61(98-101(10,11)79(4,5)6)33-37-67(56)94-45-58-39-40-82-75(85-58)65-15-13-14-16-68(65)91-9)97-76-72-71(74(99-77(72)84-48-83-76)53-21-27-57(81)28-22-53)64-36-38-69(73(80)50(64)3)96-62(47-95-100(87,88)63-34-17-49(2)18-35-63)46-92-44-55-20-19-54(51-23-29-59(89-7)30-24-51)42-66(55)52-25-31-60(90-8)32-26-52/h13-42,48,62,70H,12,43-47H2,1-11H3/t62-,70?/m1/s1. The van der Waals surface area contributed by atoms with E-state index in [2.05, 4.69) is 44.9 Å². The minimum absolute atomic E-state index is 0.0286. The van der Waals surface area contributed by atoms with Gasteiger partial charge in [-0.2, -0.15) is 8.42 Å². The van der Waals surface area contributed by atoms with Crippen LogP contribution < -0.4 is 32.8 Å². The molecule has 0 fully saturated rings. The highest BCUT2D eigenvalue weighted by atomic mass is 35.5. The number of esters is 1. The summed E-state index contributed by atoms with van der Waals surface area (Å²) < 4.78 is 104. The lowest BCUT2D eigenvalue weighted by molar-refractivity contribution is -0.151. The van der Waals surface area contributed by atoms with Crippen LogP contribution in [-0.4, -0.2) is 96.0 Å². The Hall–Kier alpha value is -9.74. The number of halogens is 2. The Morgan fingerprint density at radius 2 is 1.33 bits per heavy atom. The Kier molecular flexibility index (Phi) is 22.9. The number of aryl methyl sites for hydroxylation is 1. The molecule has 0 aliphatic carbocycles. The number of rotatable bonds is 29. The van der Waals surface area contributed by atoms with Crippen LogP contribution >= 0.6 is 22.9 Å². The molecule has 11 aromatic rings. The number of aromatic nitrogens is 4. The van der Waals surface area contributed by atoms with Crippen molar-refractivity contribution in [3.05, 3.63) is 227 Å². The van der Waals surface area contributed by atoms with Gasteiger partial charge in [0.15, 0.2) is 5.82 Å². The number of carbonyl (C=O) groups is 1. The summed E-state index contributed by atoms with van der Waals surface area (Å²) in [6, 6.07) is 52.4. The molecule has 0 aliphatic heterocycles. The second-order valence-electron chi connectivity index (χ2n) is 25.4. The Morgan fingerprint density at radius 3 is 2.02 bits per heavy atom. The van der Waals surface area contributed by atoms with Crippen molar-refractivity contribution < 1.29 is 64.1 Å². The second-order valence-corrected chi connectivity index (χ2v) is 33.1. The molecule has 8 aromatic carbocycles. The van der Waals surface area contributed by atoms with Gasteiger partial charge in [0.1, 0.15) is 70.8 Å². The van der Waals surface area contributed by atoms with Crippen LogP contribution in [0, 0.1) is 19.7 Å². The van der Waals surface area contributed by atoms with Crippen LogP contribution in [0.25, 0.3) is 65.4 Å². The highest BCUT2D eigenvalue weighted by molar-refractivity contribution is 7.86. The van der Waals surface area contributed by atoms with E-state index in [-0.39, 0.29) is 59.4 Å². The highest BCUT2D eigenvalue weighted by Crippen LogP contribution is 2.50. The molecule has 17 nitrogen and oxygen atoms in total. The summed E-state index contributed by atoms with van der Waals surface area (Å²) in [6.45, 7) is 15.7. The van der Waals surface area contributed by atoms with E-state index in [4.69, 9.17) is 73.1 Å². The van der Waals surface area contributed by atoms with Crippen molar-refractivity contribution >= 4 is 57.6 Å². The SMILES string of the molecule is CCOC(=O)C(Cc1cc(O[Si](C)(C)C(C)(C)C)ccc1OCc1ccnc(-c2ccccc2OC)n1)Oc1ncnc2sc(-c3ccc(F)cc3)c(-c3ccc(O[C@H](COCc4ccc(-c5ccc(OC)cc5)cc4-c4ccc(OC)cc4)COS(=O)(=O)c4ccc(C)cc4)c(Cl)c3C)c12. The quantitative estimate of drug-likeness (QED) is 0.0244. The Labute approximate surface area is 598 Å². The van der Waals surface area contributed by atoms with Gasteiger partial charge in [-0.05, 0) is 180 Å². The van der Waals surface area contributed by atoms with E-state index in [0.717, 1.165) is 39.1 Å². The monoisotopic (exact) mass is 1440 g/mol. The molecule has 0 amide bonds. The van der Waals surface area contributed by atoms with Crippen molar-refractivity contribution in [3.8, 4) is 95.6 Å². The molecule has 0 radical (unpaired) electrons. The zero-order chi connectivity index (χ0) is 71.6. The molecule has 0 saturated carbocycles. The Morgan fingerprint density at radius 1 is 0.653 bits per heavy atom. The average Bonchev–Trinajstić information content (AvgIpc) is 1.61. The van der Waals surface area contributed by atoms with Gasteiger partial charge in [-0.1, -0.05) is 117 Å². The van der Waals surface area contributed by atoms with Crippen LogP contribution in [0.2, 0.25) is 23.2 Å². The number of benzene rings is 8. The number of carbonyl (C=O) groups excluding carboxylic acids is 1. The van der Waals surface area contributed by atoms with Crippen LogP contribution in [0.15, 0.2) is 193 Å². The lowest BCUT2D eigenvalue weighted by atomic mass is 9.94. The minimum atomic E-state index is -4.29. The van der Waals surface area contributed by atoms with E-state index in [0.29, 0.717) is 83.0 Å². The number of nitrogens with zero attached hydrogens (tertiary/aromatic N) is 4. The number of fused-ring (bicyclic) bond motifs is 1. The third kappa shape index (κ3) is 17.2. The van der Waals surface area contributed by atoms with Crippen LogP contribution in [0.3, 0.4) is 0 Å². The molecule has 522 valence electrons. The largest absolute Gasteiger partial charge is 0.543 e. The fourth-order valence-electron chi connectivity index (χ4n) is 11.0. The predicted molar refractivity (Wildman–Crippen MR) is 394 cm³/mol. The first-order valence-electron chi connectivity index (χ1n) is 32.7. The lowest BCUT2D eigenvalue weighted by Gasteiger charge is -2.36. The zero-order valence-electron chi connectivity index (χ0n) is 58.0. The van der Waals surface area contributed by atoms with Gasteiger partial charge >= 0.3 is 5.97 Å². The van der Waals surface area contributed by atoms with Crippen molar-refractivity contribution in [1.29, 1.82) is 0 Å². The van der Waals surface area contributed by atoms with E-state index in [1.807, 2.05) is 123 Å². The third-order valence-corrected chi connectivity index (χ3v) is 24.8. The number of para-hydroxylation sites is 1. The van der Waals surface area contributed by atoms with Crippen molar-refractivity contribution in [2.45, 2.75) is 96.4 Å². The summed E-state index contributed by atoms with van der Waals surface area (Å²) in [7, 11) is -1.87. The third-order valence-electron chi connectivity index (χ3n) is 17.5. The molecule has 0 saturated heterocycles. The number of thiophene rings is 1. The number of hydrogen-bond donors (Lipinski definition) is 0. The topological polar surface area (TPSA) is 195 Å². The number of hydrogen-bond acceptors (Lipinski definition) is 18. The molecule has 11 rings (SSSR count). The first-order chi connectivity index (χ1) is 48.5. The summed E-state index contributed by atoms with van der Waals surface area (Å²) in [5.41, 5.74) is 9.64. The summed E-state index contributed by atoms with van der Waals surface area (Å²) in [5.74, 6) is 2.64. The molecular formula is C79H78ClFN4O13S2Si.